The molecule has 2 heteroatoms. The van der Waals surface area contributed by atoms with Gasteiger partial charge in [-0.15, -0.1) is 11.3 Å². The summed E-state index contributed by atoms with van der Waals surface area (Å²) in [6, 6.07) is 5.09. The number of thiophene rings is 1. The molecule has 1 atom stereocenters. The van der Waals surface area contributed by atoms with Crippen LogP contribution in [0, 0.1) is 5.92 Å². The summed E-state index contributed by atoms with van der Waals surface area (Å²) in [6.45, 7) is 0. The lowest BCUT2D eigenvalue weighted by atomic mass is 9.97. The predicted molar refractivity (Wildman–Crippen MR) is 72.1 cm³/mol. The molecule has 0 saturated heterocycles. The molecule has 1 saturated carbocycles. The Kier molecular flexibility index (Phi) is 4.86. The van der Waals surface area contributed by atoms with E-state index in [1.165, 1.54) is 49.8 Å². The first-order chi connectivity index (χ1) is 7.88. The van der Waals surface area contributed by atoms with Crippen LogP contribution in [0.5, 0.6) is 0 Å². The van der Waals surface area contributed by atoms with Crippen LogP contribution in [0.1, 0.15) is 43.4 Å². The smallest absolute Gasteiger partial charge is 0.0112 e. The molecule has 0 spiro atoms. The fourth-order valence-electron chi connectivity index (χ4n) is 2.76. The number of rotatable bonds is 6. The van der Waals surface area contributed by atoms with Gasteiger partial charge in [0.25, 0.3) is 0 Å². The van der Waals surface area contributed by atoms with Gasteiger partial charge in [0.05, 0.1) is 0 Å². The summed E-state index contributed by atoms with van der Waals surface area (Å²) in [5, 5.41) is 5.65. The van der Waals surface area contributed by atoms with Crippen molar-refractivity contribution in [1.29, 1.82) is 0 Å². The van der Waals surface area contributed by atoms with Crippen molar-refractivity contribution < 1.29 is 0 Å². The summed E-state index contributed by atoms with van der Waals surface area (Å²) >= 11 is 1.88. The third-order valence-corrected chi connectivity index (χ3v) is 4.73. The molecule has 0 aromatic carbocycles. The molecule has 1 aliphatic carbocycles. The van der Waals surface area contributed by atoms with Gasteiger partial charge < -0.3 is 5.32 Å². The Morgan fingerprint density at radius 3 is 2.88 bits per heavy atom. The maximum atomic E-state index is 3.47. The molecule has 90 valence electrons. The van der Waals surface area contributed by atoms with Crippen LogP contribution < -0.4 is 5.32 Å². The zero-order valence-electron chi connectivity index (χ0n) is 10.2. The van der Waals surface area contributed by atoms with Crippen LogP contribution in [0.2, 0.25) is 0 Å². The maximum Gasteiger partial charge on any atom is 0.0112 e. The summed E-state index contributed by atoms with van der Waals surface area (Å²) in [5.41, 5.74) is 0. The molecule has 0 bridgehead atoms. The van der Waals surface area contributed by atoms with E-state index in [4.69, 9.17) is 0 Å². The molecule has 1 N–H and O–H groups in total. The summed E-state index contributed by atoms with van der Waals surface area (Å²) in [4.78, 5) is 1.52. The Hall–Kier alpha value is -0.340. The maximum absolute atomic E-state index is 3.47. The lowest BCUT2D eigenvalue weighted by Gasteiger charge is -2.17. The second-order valence-electron chi connectivity index (χ2n) is 5.00. The molecule has 0 aliphatic heterocycles. The predicted octanol–water partition coefficient (Wildman–Crippen LogP) is 3.85. The van der Waals surface area contributed by atoms with Crippen molar-refractivity contribution >= 4 is 11.3 Å². The highest BCUT2D eigenvalue weighted by atomic mass is 32.1. The fourth-order valence-corrected chi connectivity index (χ4v) is 3.54. The summed E-state index contributed by atoms with van der Waals surface area (Å²) in [7, 11) is 2.10. The fraction of sp³-hybridized carbons (Fsp3) is 0.714. The minimum absolute atomic E-state index is 0.680. The highest BCUT2D eigenvalue weighted by Crippen LogP contribution is 2.29. The zero-order chi connectivity index (χ0) is 11.2. The molecule has 1 nitrogen and oxygen atoms in total. The minimum atomic E-state index is 0.680. The van der Waals surface area contributed by atoms with Crippen molar-refractivity contribution in [2.75, 3.05) is 7.05 Å². The lowest BCUT2D eigenvalue weighted by molar-refractivity contribution is 0.419. The molecule has 1 aromatic heterocycles. The van der Waals surface area contributed by atoms with Crippen molar-refractivity contribution in [1.82, 2.24) is 5.32 Å². The van der Waals surface area contributed by atoms with Crippen molar-refractivity contribution in [2.45, 2.75) is 51.0 Å². The van der Waals surface area contributed by atoms with Crippen LogP contribution in [0.15, 0.2) is 17.5 Å². The van der Waals surface area contributed by atoms with Crippen molar-refractivity contribution in [3.8, 4) is 0 Å². The number of hydrogen-bond acceptors (Lipinski definition) is 2. The number of hydrogen-bond donors (Lipinski definition) is 1. The van der Waals surface area contributed by atoms with Crippen LogP contribution >= 0.6 is 11.3 Å². The van der Waals surface area contributed by atoms with Gasteiger partial charge in [0.1, 0.15) is 0 Å². The van der Waals surface area contributed by atoms with Gasteiger partial charge in [-0.1, -0.05) is 31.7 Å². The van der Waals surface area contributed by atoms with Crippen molar-refractivity contribution in [2.24, 2.45) is 5.92 Å². The highest BCUT2D eigenvalue weighted by Gasteiger charge is 2.17. The normalized spacial score (nSPS) is 19.1. The van der Waals surface area contributed by atoms with E-state index in [0.717, 1.165) is 5.92 Å². The molecule has 0 radical (unpaired) electrons. The van der Waals surface area contributed by atoms with Crippen LogP contribution in [0.3, 0.4) is 0 Å². The molecule has 1 heterocycles. The monoisotopic (exact) mass is 237 g/mol. The van der Waals surface area contributed by atoms with E-state index >= 15 is 0 Å². The van der Waals surface area contributed by atoms with E-state index in [0.29, 0.717) is 6.04 Å². The average molecular weight is 237 g/mol. The molecule has 16 heavy (non-hydrogen) atoms. The molecule has 0 amide bonds. The van der Waals surface area contributed by atoms with E-state index in [2.05, 4.69) is 29.9 Å². The lowest BCUT2D eigenvalue weighted by Crippen LogP contribution is -2.27. The van der Waals surface area contributed by atoms with Gasteiger partial charge in [0.15, 0.2) is 0 Å². The van der Waals surface area contributed by atoms with Crippen molar-refractivity contribution in [3.05, 3.63) is 22.4 Å². The van der Waals surface area contributed by atoms with Crippen LogP contribution in [0.25, 0.3) is 0 Å². The third-order valence-electron chi connectivity index (χ3n) is 3.83. The van der Waals surface area contributed by atoms with Gasteiger partial charge in [0, 0.05) is 10.9 Å². The van der Waals surface area contributed by atoms with Crippen LogP contribution in [-0.2, 0) is 6.42 Å². The first-order valence-corrected chi connectivity index (χ1v) is 7.46. The molecule has 2 rings (SSSR count). The summed E-state index contributed by atoms with van der Waals surface area (Å²) in [5.74, 6) is 1.03. The topological polar surface area (TPSA) is 12.0 Å². The van der Waals surface area contributed by atoms with Gasteiger partial charge >= 0.3 is 0 Å². The largest absolute Gasteiger partial charge is 0.317 e. The Balaban J connectivity index is 1.72. The first kappa shape index (κ1) is 12.1. The average Bonchev–Trinajstić information content (AvgIpc) is 2.97. The molecule has 1 fully saturated rings. The Morgan fingerprint density at radius 1 is 1.44 bits per heavy atom. The standard InChI is InChI=1S/C14H23NS/c1-15-13(11-14-7-4-10-16-14)9-8-12-5-2-3-6-12/h4,7,10,12-13,15H,2-3,5-6,8-9,11H2,1H3. The Bertz CT molecular complexity index is 275. The Morgan fingerprint density at radius 2 is 2.25 bits per heavy atom. The molecule has 1 aliphatic rings. The second-order valence-corrected chi connectivity index (χ2v) is 6.03. The molecule has 1 unspecified atom stereocenters. The molecular weight excluding hydrogens is 214 g/mol. The molecule has 1 aromatic rings. The zero-order valence-corrected chi connectivity index (χ0v) is 11.1. The summed E-state index contributed by atoms with van der Waals surface area (Å²) < 4.78 is 0. The van der Waals surface area contributed by atoms with E-state index in [-0.39, 0.29) is 0 Å². The van der Waals surface area contributed by atoms with Crippen LogP contribution in [-0.4, -0.2) is 13.1 Å². The van der Waals surface area contributed by atoms with Gasteiger partial charge in [-0.05, 0) is 43.7 Å². The van der Waals surface area contributed by atoms with Gasteiger partial charge in [-0.3, -0.25) is 0 Å². The third kappa shape index (κ3) is 3.60. The SMILES string of the molecule is CNC(CCC1CCCC1)Cc1cccs1. The van der Waals surface area contributed by atoms with E-state index in [1.807, 2.05) is 11.3 Å². The highest BCUT2D eigenvalue weighted by molar-refractivity contribution is 7.09. The quantitative estimate of drug-likeness (QED) is 0.792. The van der Waals surface area contributed by atoms with Gasteiger partial charge in [-0.25, -0.2) is 0 Å². The minimum Gasteiger partial charge on any atom is -0.317 e. The van der Waals surface area contributed by atoms with Gasteiger partial charge in [0.2, 0.25) is 0 Å². The number of likely N-dealkylation sites (N-methyl/N-ethyl adjacent to an activating group) is 1. The van der Waals surface area contributed by atoms with Gasteiger partial charge in [-0.2, -0.15) is 0 Å². The van der Waals surface area contributed by atoms with E-state index in [1.54, 1.807) is 0 Å². The molecular formula is C14H23NS. The number of nitrogens with one attached hydrogen (secondary N) is 1. The summed E-state index contributed by atoms with van der Waals surface area (Å²) in [6.07, 6.45) is 9.89. The van der Waals surface area contributed by atoms with E-state index < -0.39 is 0 Å². The van der Waals surface area contributed by atoms with E-state index in [9.17, 15) is 0 Å². The second kappa shape index (κ2) is 6.41. The first-order valence-electron chi connectivity index (χ1n) is 6.58. The van der Waals surface area contributed by atoms with Crippen LogP contribution in [0.4, 0.5) is 0 Å². The Labute approximate surface area is 103 Å². The van der Waals surface area contributed by atoms with Crippen molar-refractivity contribution in [3.63, 3.8) is 0 Å².